The second kappa shape index (κ2) is 7.75. The molecule has 1 atom stereocenters. The van der Waals surface area contributed by atoms with Crippen LogP contribution in [0.4, 0.5) is 5.69 Å². The number of carbonyl (C=O) groups is 2. The molecule has 2 aromatic rings. The van der Waals surface area contributed by atoms with E-state index in [1.165, 1.54) is 0 Å². The minimum absolute atomic E-state index is 0.0297. The maximum atomic E-state index is 12.8. The van der Waals surface area contributed by atoms with E-state index in [1.54, 1.807) is 36.1 Å². The molecule has 1 saturated heterocycles. The molecule has 0 spiro atoms. The number of carbonyl (C=O) groups excluding carboxylic acids is 2. The van der Waals surface area contributed by atoms with Crippen molar-refractivity contribution in [1.29, 1.82) is 0 Å². The van der Waals surface area contributed by atoms with Crippen LogP contribution < -0.4 is 5.32 Å². The van der Waals surface area contributed by atoms with E-state index in [4.69, 9.17) is 9.26 Å². The van der Waals surface area contributed by atoms with Crippen molar-refractivity contribution in [3.8, 4) is 0 Å². The third-order valence-electron chi connectivity index (χ3n) is 4.72. The van der Waals surface area contributed by atoms with Gasteiger partial charge in [0.1, 0.15) is 17.0 Å². The Morgan fingerprint density at radius 1 is 1.21 bits per heavy atom. The first-order valence-electron chi connectivity index (χ1n) is 9.46. The van der Waals surface area contributed by atoms with Crippen LogP contribution in [0.3, 0.4) is 0 Å². The minimum atomic E-state index is -0.310. The van der Waals surface area contributed by atoms with Crippen molar-refractivity contribution in [3.05, 3.63) is 46.8 Å². The van der Waals surface area contributed by atoms with Crippen LogP contribution in [0.1, 0.15) is 59.9 Å². The maximum absolute atomic E-state index is 12.8. The van der Waals surface area contributed by atoms with E-state index in [2.05, 4.69) is 10.5 Å². The van der Waals surface area contributed by atoms with Crippen molar-refractivity contribution in [2.24, 2.45) is 0 Å². The molecule has 7 nitrogen and oxygen atoms in total. The molecule has 7 heteroatoms. The topological polar surface area (TPSA) is 84.7 Å². The van der Waals surface area contributed by atoms with E-state index >= 15 is 0 Å². The minimum Gasteiger partial charge on any atom is -0.375 e. The molecule has 0 aliphatic carbocycles. The molecular weight excluding hydrogens is 358 g/mol. The molecule has 3 rings (SSSR count). The monoisotopic (exact) mass is 385 g/mol. The number of benzene rings is 1. The van der Waals surface area contributed by atoms with Gasteiger partial charge in [-0.15, -0.1) is 0 Å². The highest BCUT2D eigenvalue weighted by Gasteiger charge is 2.29. The first kappa shape index (κ1) is 20.1. The average Bonchev–Trinajstić information content (AvgIpc) is 3.04. The highest BCUT2D eigenvalue weighted by molar-refractivity contribution is 6.06. The smallest absolute Gasteiger partial charge is 0.261 e. The Kier molecular flexibility index (Phi) is 5.56. The second-order valence-corrected chi connectivity index (χ2v) is 8.18. The number of hydrogen-bond acceptors (Lipinski definition) is 5. The van der Waals surface area contributed by atoms with Crippen molar-refractivity contribution in [1.82, 2.24) is 10.1 Å². The lowest BCUT2D eigenvalue weighted by atomic mass is 9.88. The largest absolute Gasteiger partial charge is 0.375 e. The van der Waals surface area contributed by atoms with Gasteiger partial charge in [0, 0.05) is 29.8 Å². The second-order valence-electron chi connectivity index (χ2n) is 8.18. The maximum Gasteiger partial charge on any atom is 0.261 e. The van der Waals surface area contributed by atoms with E-state index in [1.807, 2.05) is 27.7 Å². The summed E-state index contributed by atoms with van der Waals surface area (Å²) < 4.78 is 10.7. The number of hydrogen-bond donors (Lipinski definition) is 1. The molecule has 1 N–H and O–H groups in total. The number of morpholine rings is 1. The summed E-state index contributed by atoms with van der Waals surface area (Å²) in [7, 11) is 0. The van der Waals surface area contributed by atoms with Gasteiger partial charge >= 0.3 is 0 Å². The summed E-state index contributed by atoms with van der Waals surface area (Å²) in [6.07, 6.45) is 0.0417. The lowest BCUT2D eigenvalue weighted by molar-refractivity contribution is -0.0124. The zero-order valence-electron chi connectivity index (χ0n) is 17.0. The summed E-state index contributed by atoms with van der Waals surface area (Å²) >= 11 is 0. The number of amides is 2. The summed E-state index contributed by atoms with van der Waals surface area (Å²) in [5.41, 5.74) is 1.96. The van der Waals surface area contributed by atoms with Gasteiger partial charge < -0.3 is 19.5 Å². The number of ether oxygens (including phenoxy) is 1. The van der Waals surface area contributed by atoms with Crippen LogP contribution >= 0.6 is 0 Å². The molecular formula is C21H27N3O4. The molecule has 0 radical (unpaired) electrons. The van der Waals surface area contributed by atoms with Crippen LogP contribution in [0.2, 0.25) is 0 Å². The number of nitrogens with zero attached hydrogens (tertiary/aromatic N) is 2. The summed E-state index contributed by atoms with van der Waals surface area (Å²) in [5, 5.41) is 6.92. The van der Waals surface area contributed by atoms with Crippen molar-refractivity contribution in [2.45, 2.75) is 46.1 Å². The summed E-state index contributed by atoms with van der Waals surface area (Å²) in [6, 6.07) is 6.91. The molecule has 1 aromatic carbocycles. The van der Waals surface area contributed by atoms with Gasteiger partial charge in [-0.3, -0.25) is 9.59 Å². The van der Waals surface area contributed by atoms with E-state index in [9.17, 15) is 9.59 Å². The first-order chi connectivity index (χ1) is 13.2. The molecule has 1 fully saturated rings. The molecule has 1 unspecified atom stereocenters. The average molecular weight is 385 g/mol. The Morgan fingerprint density at radius 3 is 2.50 bits per heavy atom. The number of aromatic nitrogens is 1. The van der Waals surface area contributed by atoms with E-state index in [0.29, 0.717) is 48.0 Å². The van der Waals surface area contributed by atoms with Crippen LogP contribution in [0.5, 0.6) is 0 Å². The van der Waals surface area contributed by atoms with Gasteiger partial charge in [0.25, 0.3) is 11.8 Å². The van der Waals surface area contributed by atoms with Gasteiger partial charge in [-0.2, -0.15) is 0 Å². The van der Waals surface area contributed by atoms with Crippen molar-refractivity contribution < 1.29 is 18.8 Å². The van der Waals surface area contributed by atoms with Crippen LogP contribution in [-0.4, -0.2) is 47.7 Å². The van der Waals surface area contributed by atoms with Crippen molar-refractivity contribution in [3.63, 3.8) is 0 Å². The van der Waals surface area contributed by atoms with Gasteiger partial charge in [0.15, 0.2) is 0 Å². The molecule has 2 amide bonds. The van der Waals surface area contributed by atoms with Crippen LogP contribution in [0.25, 0.3) is 0 Å². The normalized spacial score (nSPS) is 17.5. The quantitative estimate of drug-likeness (QED) is 0.875. The van der Waals surface area contributed by atoms with Gasteiger partial charge in [-0.25, -0.2) is 0 Å². The Hall–Kier alpha value is -2.67. The fourth-order valence-corrected chi connectivity index (χ4v) is 3.23. The van der Waals surface area contributed by atoms with Crippen molar-refractivity contribution >= 4 is 17.5 Å². The third kappa shape index (κ3) is 4.25. The number of anilines is 1. The molecule has 28 heavy (non-hydrogen) atoms. The SMILES string of the molecule is Cc1onc(C(C)(C)C)c1C(=O)Nc1ccc(C(=O)N2CCOC(C)C2)cc1. The van der Waals surface area contributed by atoms with E-state index < -0.39 is 0 Å². The molecule has 1 aliphatic rings. The van der Waals surface area contributed by atoms with Crippen LogP contribution in [0.15, 0.2) is 28.8 Å². The molecule has 1 aromatic heterocycles. The summed E-state index contributed by atoms with van der Waals surface area (Å²) in [4.78, 5) is 27.2. The fourth-order valence-electron chi connectivity index (χ4n) is 3.23. The zero-order valence-corrected chi connectivity index (χ0v) is 17.0. The Labute approximate surface area is 165 Å². The lowest BCUT2D eigenvalue weighted by Gasteiger charge is -2.31. The lowest BCUT2D eigenvalue weighted by Crippen LogP contribution is -2.44. The van der Waals surface area contributed by atoms with Gasteiger partial charge in [0.2, 0.25) is 0 Å². The molecule has 150 valence electrons. The molecule has 1 aliphatic heterocycles. The standard InChI is InChI=1S/C21H27N3O4/c1-13-12-24(10-11-27-13)20(26)15-6-8-16(9-7-15)22-19(25)17-14(2)28-23-18(17)21(3,4)5/h6-9,13H,10-12H2,1-5H3,(H,22,25). The predicted molar refractivity (Wildman–Crippen MR) is 106 cm³/mol. The highest BCUT2D eigenvalue weighted by Crippen LogP contribution is 2.27. The third-order valence-corrected chi connectivity index (χ3v) is 4.72. The predicted octanol–water partition coefficient (Wildman–Crippen LogP) is 3.39. The van der Waals surface area contributed by atoms with Crippen LogP contribution in [-0.2, 0) is 10.2 Å². The Morgan fingerprint density at radius 2 is 1.89 bits per heavy atom. The number of nitrogens with one attached hydrogen (secondary N) is 1. The van der Waals surface area contributed by atoms with Gasteiger partial charge in [0.05, 0.1) is 12.7 Å². The van der Waals surface area contributed by atoms with Crippen LogP contribution in [0, 0.1) is 6.92 Å². The Bertz CT molecular complexity index is 865. The molecule has 0 bridgehead atoms. The first-order valence-corrected chi connectivity index (χ1v) is 9.46. The van der Waals surface area contributed by atoms with Gasteiger partial charge in [-0.1, -0.05) is 25.9 Å². The van der Waals surface area contributed by atoms with E-state index in [0.717, 1.165) is 0 Å². The summed E-state index contributed by atoms with van der Waals surface area (Å²) in [6.45, 7) is 11.3. The van der Waals surface area contributed by atoms with Gasteiger partial charge in [-0.05, 0) is 38.1 Å². The number of rotatable bonds is 3. The fraction of sp³-hybridized carbons (Fsp3) is 0.476. The number of aryl methyl sites for hydroxylation is 1. The molecule has 0 saturated carbocycles. The van der Waals surface area contributed by atoms with Crippen molar-refractivity contribution in [2.75, 3.05) is 25.0 Å². The van der Waals surface area contributed by atoms with E-state index in [-0.39, 0.29) is 23.3 Å². The zero-order chi connectivity index (χ0) is 20.5. The highest BCUT2D eigenvalue weighted by atomic mass is 16.5. The Balaban J connectivity index is 1.72. The molecule has 2 heterocycles. The summed E-state index contributed by atoms with van der Waals surface area (Å²) in [5.74, 6) is 0.179.